The molecule has 0 aromatic heterocycles. The number of hydrogen-bond donors (Lipinski definition) is 0. The van der Waals surface area contributed by atoms with E-state index in [1.165, 1.54) is 17.0 Å². The van der Waals surface area contributed by atoms with Gasteiger partial charge in [-0.05, 0) is 22.0 Å². The first-order chi connectivity index (χ1) is 8.24. The van der Waals surface area contributed by atoms with E-state index in [4.69, 9.17) is 0 Å². The lowest BCUT2D eigenvalue weighted by Crippen LogP contribution is -2.10. The maximum Gasteiger partial charge on any atom is 0.285 e. The maximum atomic E-state index is 11.9. The van der Waals surface area contributed by atoms with Crippen molar-refractivity contribution in [1.29, 1.82) is 0 Å². The fraction of sp³-hybridized carbons (Fsp3) is 0.222. The van der Waals surface area contributed by atoms with Crippen molar-refractivity contribution >= 4 is 38.0 Å². The summed E-state index contributed by atoms with van der Waals surface area (Å²) in [6.45, 7) is 0. The number of rotatable bonds is 4. The van der Waals surface area contributed by atoms with Gasteiger partial charge in [0.2, 0.25) is 0 Å². The van der Waals surface area contributed by atoms with Crippen molar-refractivity contribution in [2.24, 2.45) is 4.40 Å². The first kappa shape index (κ1) is 14.6. The Kier molecular flexibility index (Phi) is 4.41. The first-order valence-electron chi connectivity index (χ1n) is 4.65. The fourth-order valence-corrected chi connectivity index (χ4v) is 2.89. The van der Waals surface area contributed by atoms with E-state index < -0.39 is 14.9 Å². The van der Waals surface area contributed by atoms with Crippen LogP contribution >= 0.6 is 15.9 Å². The van der Waals surface area contributed by atoms with Crippen molar-refractivity contribution in [2.75, 3.05) is 14.1 Å². The highest BCUT2D eigenvalue weighted by Crippen LogP contribution is 2.27. The van der Waals surface area contributed by atoms with Gasteiger partial charge in [-0.25, -0.2) is 0 Å². The molecule has 7 nitrogen and oxygen atoms in total. The number of nitro benzene ring substituents is 1. The maximum absolute atomic E-state index is 11.9. The van der Waals surface area contributed by atoms with E-state index in [-0.39, 0.29) is 15.1 Å². The Morgan fingerprint density at radius 2 is 2.06 bits per heavy atom. The topological polar surface area (TPSA) is 92.9 Å². The summed E-state index contributed by atoms with van der Waals surface area (Å²) < 4.78 is 27.3. The number of hydrogen-bond acceptors (Lipinski definition) is 4. The van der Waals surface area contributed by atoms with Crippen LogP contribution < -0.4 is 0 Å². The number of non-ortho nitro benzene ring substituents is 1. The van der Waals surface area contributed by atoms with E-state index in [0.717, 1.165) is 12.4 Å². The normalized spacial score (nSPS) is 11.7. The van der Waals surface area contributed by atoms with Crippen molar-refractivity contribution in [3.63, 3.8) is 0 Å². The van der Waals surface area contributed by atoms with Crippen LogP contribution in [0.4, 0.5) is 5.69 Å². The summed E-state index contributed by atoms with van der Waals surface area (Å²) >= 11 is 3.03. The summed E-state index contributed by atoms with van der Waals surface area (Å²) in [7, 11) is -0.740. The van der Waals surface area contributed by atoms with Crippen LogP contribution in [0.5, 0.6) is 0 Å². The minimum Gasteiger partial charge on any atom is -0.368 e. The Labute approximate surface area is 112 Å². The summed E-state index contributed by atoms with van der Waals surface area (Å²) in [5.74, 6) is 0. The second kappa shape index (κ2) is 5.44. The highest BCUT2D eigenvalue weighted by atomic mass is 79.9. The van der Waals surface area contributed by atoms with E-state index in [1.807, 2.05) is 0 Å². The van der Waals surface area contributed by atoms with Crippen molar-refractivity contribution in [3.05, 3.63) is 32.8 Å². The summed E-state index contributed by atoms with van der Waals surface area (Å²) in [6, 6.07) is 3.47. The molecule has 98 valence electrons. The number of nitro groups is 1. The zero-order valence-corrected chi connectivity index (χ0v) is 12.0. The van der Waals surface area contributed by atoms with Crippen molar-refractivity contribution in [2.45, 2.75) is 4.90 Å². The fourth-order valence-electron chi connectivity index (χ4n) is 1.02. The van der Waals surface area contributed by atoms with E-state index >= 15 is 0 Å². The third-order valence-corrected chi connectivity index (χ3v) is 4.04. The van der Waals surface area contributed by atoms with Gasteiger partial charge in [0.1, 0.15) is 11.2 Å². The molecule has 0 N–H and O–H groups in total. The Bertz CT molecular complexity index is 598. The molecule has 1 rings (SSSR count). The highest BCUT2D eigenvalue weighted by molar-refractivity contribution is 9.10. The van der Waals surface area contributed by atoms with Gasteiger partial charge in [0.05, 0.1) is 4.92 Å². The molecule has 18 heavy (non-hydrogen) atoms. The Balaban J connectivity index is 3.32. The largest absolute Gasteiger partial charge is 0.368 e. The van der Waals surface area contributed by atoms with Gasteiger partial charge in [-0.1, -0.05) is 0 Å². The van der Waals surface area contributed by atoms with E-state index in [1.54, 1.807) is 14.1 Å². The molecule has 0 spiro atoms. The monoisotopic (exact) mass is 335 g/mol. The Morgan fingerprint density at radius 3 is 2.56 bits per heavy atom. The SMILES string of the molecule is CN(C)/C=N/S(=O)(=O)c1cc([N+](=O)[O-])ccc1Br. The number of halogens is 1. The molecule has 0 amide bonds. The van der Waals surface area contributed by atoms with E-state index in [0.29, 0.717) is 0 Å². The quantitative estimate of drug-likeness (QED) is 0.361. The summed E-state index contributed by atoms with van der Waals surface area (Å²) in [5.41, 5.74) is -0.308. The van der Waals surface area contributed by atoms with Crippen molar-refractivity contribution < 1.29 is 13.3 Å². The minimum atomic E-state index is -3.97. The molecule has 0 saturated heterocycles. The van der Waals surface area contributed by atoms with Crippen LogP contribution in [0.25, 0.3) is 0 Å². The molecule has 0 heterocycles. The van der Waals surface area contributed by atoms with Gasteiger partial charge in [-0.3, -0.25) is 10.1 Å². The van der Waals surface area contributed by atoms with E-state index in [2.05, 4.69) is 20.3 Å². The molecule has 9 heteroatoms. The predicted octanol–water partition coefficient (Wildman–Crippen LogP) is 1.64. The molecule has 0 saturated carbocycles. The zero-order valence-electron chi connectivity index (χ0n) is 9.57. The second-order valence-corrected chi connectivity index (χ2v) is 5.99. The number of nitrogens with zero attached hydrogens (tertiary/aromatic N) is 3. The van der Waals surface area contributed by atoms with Gasteiger partial charge < -0.3 is 4.90 Å². The van der Waals surface area contributed by atoms with Gasteiger partial charge in [0, 0.05) is 30.7 Å². The number of benzene rings is 1. The van der Waals surface area contributed by atoms with Crippen LogP contribution in [0.2, 0.25) is 0 Å². The Hall–Kier alpha value is -1.48. The molecule has 1 aromatic carbocycles. The number of sulfonamides is 1. The summed E-state index contributed by atoms with van der Waals surface area (Å²) in [4.78, 5) is 11.1. The van der Waals surface area contributed by atoms with Gasteiger partial charge in [-0.2, -0.15) is 8.42 Å². The van der Waals surface area contributed by atoms with Gasteiger partial charge >= 0.3 is 0 Å². The zero-order chi connectivity index (χ0) is 13.9. The molecule has 0 aliphatic heterocycles. The highest BCUT2D eigenvalue weighted by Gasteiger charge is 2.20. The smallest absolute Gasteiger partial charge is 0.285 e. The molecule has 0 atom stereocenters. The van der Waals surface area contributed by atoms with Crippen LogP contribution in [0.3, 0.4) is 0 Å². The summed E-state index contributed by atoms with van der Waals surface area (Å²) in [6.07, 6.45) is 1.11. The molecular formula is C9H10BrN3O4S. The molecular weight excluding hydrogens is 326 g/mol. The van der Waals surface area contributed by atoms with Gasteiger partial charge in [-0.15, -0.1) is 4.40 Å². The van der Waals surface area contributed by atoms with Gasteiger partial charge in [0.15, 0.2) is 0 Å². The van der Waals surface area contributed by atoms with E-state index in [9.17, 15) is 18.5 Å². The minimum absolute atomic E-state index is 0.226. The summed E-state index contributed by atoms with van der Waals surface area (Å²) in [5, 5.41) is 10.6. The standard InChI is InChI=1S/C9H10BrN3O4S/c1-12(2)6-11-18(16,17)9-5-7(13(14)15)3-4-8(9)10/h3-6H,1-2H3/b11-6+. The van der Waals surface area contributed by atoms with Crippen molar-refractivity contribution in [3.8, 4) is 0 Å². The molecule has 0 fully saturated rings. The molecule has 1 aromatic rings. The second-order valence-electron chi connectivity index (χ2n) is 3.53. The molecule has 0 aliphatic rings. The Morgan fingerprint density at radius 1 is 1.44 bits per heavy atom. The van der Waals surface area contributed by atoms with Crippen LogP contribution in [-0.4, -0.2) is 38.7 Å². The van der Waals surface area contributed by atoms with Crippen LogP contribution in [0, 0.1) is 10.1 Å². The lowest BCUT2D eigenvalue weighted by atomic mass is 10.3. The lowest BCUT2D eigenvalue weighted by molar-refractivity contribution is -0.385. The van der Waals surface area contributed by atoms with Crippen LogP contribution in [0.1, 0.15) is 0 Å². The van der Waals surface area contributed by atoms with Crippen LogP contribution in [-0.2, 0) is 10.0 Å². The van der Waals surface area contributed by atoms with Gasteiger partial charge in [0.25, 0.3) is 15.7 Å². The third kappa shape index (κ3) is 3.50. The molecule has 0 aliphatic carbocycles. The average Bonchev–Trinajstić information content (AvgIpc) is 2.26. The lowest BCUT2D eigenvalue weighted by Gasteiger charge is -2.04. The van der Waals surface area contributed by atoms with Crippen LogP contribution in [0.15, 0.2) is 32.0 Å². The average molecular weight is 336 g/mol. The van der Waals surface area contributed by atoms with Crippen molar-refractivity contribution in [1.82, 2.24) is 4.90 Å². The third-order valence-electron chi connectivity index (χ3n) is 1.82. The predicted molar refractivity (Wildman–Crippen MR) is 70.2 cm³/mol. The molecule has 0 radical (unpaired) electrons. The molecule has 0 unspecified atom stereocenters. The molecule has 0 bridgehead atoms. The first-order valence-corrected chi connectivity index (χ1v) is 6.88.